The third-order valence-electron chi connectivity index (χ3n) is 3.41. The highest BCUT2D eigenvalue weighted by molar-refractivity contribution is 7.09. The molecule has 3 nitrogen and oxygen atoms in total. The number of anilines is 1. The van der Waals surface area contributed by atoms with E-state index in [1.165, 1.54) is 17.0 Å². The first-order valence-corrected chi connectivity index (χ1v) is 8.45. The molecule has 24 heavy (non-hydrogen) atoms. The van der Waals surface area contributed by atoms with Gasteiger partial charge in [0, 0.05) is 29.6 Å². The lowest BCUT2D eigenvalue weighted by Gasteiger charge is -2.14. The van der Waals surface area contributed by atoms with Crippen LogP contribution in [0.5, 0.6) is 0 Å². The monoisotopic (exact) mass is 356 g/mol. The Balaban J connectivity index is 1.78. The minimum Gasteiger partial charge on any atom is -0.326 e. The maximum absolute atomic E-state index is 12.6. The number of hydrogen-bond acceptors (Lipinski definition) is 3. The second-order valence-corrected chi connectivity index (χ2v) is 6.55. The third kappa shape index (κ3) is 5.98. The summed E-state index contributed by atoms with van der Waals surface area (Å²) < 4.78 is 37.9. The molecule has 1 aromatic heterocycles. The van der Waals surface area contributed by atoms with Crippen molar-refractivity contribution in [3.63, 3.8) is 0 Å². The van der Waals surface area contributed by atoms with Gasteiger partial charge in [0.2, 0.25) is 5.91 Å². The molecule has 0 aliphatic carbocycles. The molecule has 0 unspecified atom stereocenters. The highest BCUT2D eigenvalue weighted by Gasteiger charge is 2.30. The number of thiophene rings is 1. The van der Waals surface area contributed by atoms with Gasteiger partial charge in [-0.25, -0.2) is 0 Å². The van der Waals surface area contributed by atoms with E-state index in [1.807, 2.05) is 18.4 Å². The summed E-state index contributed by atoms with van der Waals surface area (Å²) in [4.78, 5) is 13.2. The number of halogens is 3. The molecule has 2 N–H and O–H groups in total. The van der Waals surface area contributed by atoms with Crippen molar-refractivity contribution < 1.29 is 18.0 Å². The van der Waals surface area contributed by atoms with Crippen LogP contribution in [0.3, 0.4) is 0 Å². The number of hydrogen-bond donors (Lipinski definition) is 2. The Morgan fingerprint density at radius 3 is 2.71 bits per heavy atom. The number of amides is 1. The minimum absolute atomic E-state index is 0.0595. The van der Waals surface area contributed by atoms with E-state index < -0.39 is 11.7 Å². The number of alkyl halides is 3. The summed E-state index contributed by atoms with van der Waals surface area (Å²) in [5.41, 5.74) is -0.622. The van der Waals surface area contributed by atoms with Crippen LogP contribution in [0.2, 0.25) is 0 Å². The van der Waals surface area contributed by atoms with Gasteiger partial charge in [-0.15, -0.1) is 11.3 Å². The predicted molar refractivity (Wildman–Crippen MR) is 90.2 cm³/mol. The average molecular weight is 356 g/mol. The van der Waals surface area contributed by atoms with E-state index in [0.29, 0.717) is 0 Å². The van der Waals surface area contributed by atoms with Crippen molar-refractivity contribution in [3.05, 3.63) is 52.2 Å². The zero-order chi connectivity index (χ0) is 17.6. The molecule has 0 fully saturated rings. The van der Waals surface area contributed by atoms with Crippen LogP contribution in [-0.2, 0) is 17.4 Å². The van der Waals surface area contributed by atoms with Crippen LogP contribution in [0, 0.1) is 0 Å². The van der Waals surface area contributed by atoms with Gasteiger partial charge in [-0.1, -0.05) is 12.1 Å². The van der Waals surface area contributed by atoms with Gasteiger partial charge < -0.3 is 10.6 Å². The Hall–Kier alpha value is -1.86. The molecule has 1 aromatic carbocycles. The molecule has 0 radical (unpaired) electrons. The van der Waals surface area contributed by atoms with Crippen LogP contribution >= 0.6 is 11.3 Å². The van der Waals surface area contributed by atoms with Gasteiger partial charge in [0.15, 0.2) is 0 Å². The van der Waals surface area contributed by atoms with Crippen molar-refractivity contribution in [1.29, 1.82) is 0 Å². The second-order valence-electron chi connectivity index (χ2n) is 5.52. The van der Waals surface area contributed by atoms with Gasteiger partial charge in [0.1, 0.15) is 0 Å². The van der Waals surface area contributed by atoms with E-state index in [4.69, 9.17) is 0 Å². The molecule has 1 atom stereocenters. The second kappa shape index (κ2) is 8.30. The number of benzene rings is 1. The first kappa shape index (κ1) is 18.5. The molecular formula is C17H19F3N2OS. The summed E-state index contributed by atoms with van der Waals surface area (Å²) in [5.74, 6) is -0.314. The SMILES string of the molecule is C[C@@H](CC(=O)Nc1cccc(C(F)(F)F)c1)NCCc1cccs1. The van der Waals surface area contributed by atoms with Crippen molar-refractivity contribution >= 4 is 22.9 Å². The predicted octanol–water partition coefficient (Wildman–Crippen LogP) is 4.32. The minimum atomic E-state index is -4.42. The number of carbonyl (C=O) groups excluding carboxylic acids is 1. The van der Waals surface area contributed by atoms with Gasteiger partial charge in [0.05, 0.1) is 5.56 Å². The lowest BCUT2D eigenvalue weighted by molar-refractivity contribution is -0.137. The van der Waals surface area contributed by atoms with E-state index >= 15 is 0 Å². The largest absolute Gasteiger partial charge is 0.416 e. The highest BCUT2D eigenvalue weighted by atomic mass is 32.1. The lowest BCUT2D eigenvalue weighted by atomic mass is 10.1. The molecule has 7 heteroatoms. The Morgan fingerprint density at radius 1 is 1.25 bits per heavy atom. The zero-order valence-electron chi connectivity index (χ0n) is 13.2. The molecule has 1 amide bonds. The summed E-state index contributed by atoms with van der Waals surface area (Å²) in [6.07, 6.45) is -3.34. The molecular weight excluding hydrogens is 337 g/mol. The van der Waals surface area contributed by atoms with Crippen LogP contribution < -0.4 is 10.6 Å². The summed E-state index contributed by atoms with van der Waals surface area (Å²) in [6, 6.07) is 8.62. The van der Waals surface area contributed by atoms with E-state index in [0.717, 1.165) is 25.1 Å². The van der Waals surface area contributed by atoms with Crippen molar-refractivity contribution in [2.75, 3.05) is 11.9 Å². The molecule has 2 rings (SSSR count). The van der Waals surface area contributed by atoms with E-state index in [9.17, 15) is 18.0 Å². The average Bonchev–Trinajstić information content (AvgIpc) is 2.99. The smallest absolute Gasteiger partial charge is 0.326 e. The van der Waals surface area contributed by atoms with Gasteiger partial charge in [0.25, 0.3) is 0 Å². The van der Waals surface area contributed by atoms with E-state index in [1.54, 1.807) is 11.3 Å². The Bertz CT molecular complexity index is 656. The first-order valence-electron chi connectivity index (χ1n) is 7.57. The maximum atomic E-state index is 12.6. The van der Waals surface area contributed by atoms with Crippen LogP contribution in [0.1, 0.15) is 23.8 Å². The fourth-order valence-electron chi connectivity index (χ4n) is 2.23. The maximum Gasteiger partial charge on any atom is 0.416 e. The molecule has 0 saturated heterocycles. The summed E-state index contributed by atoms with van der Waals surface area (Å²) in [6.45, 7) is 2.62. The van der Waals surface area contributed by atoms with Gasteiger partial charge >= 0.3 is 6.18 Å². The van der Waals surface area contributed by atoms with Crippen molar-refractivity contribution in [1.82, 2.24) is 5.32 Å². The zero-order valence-corrected chi connectivity index (χ0v) is 14.0. The van der Waals surface area contributed by atoms with E-state index in [2.05, 4.69) is 16.7 Å². The molecule has 2 aromatic rings. The van der Waals surface area contributed by atoms with Crippen molar-refractivity contribution in [2.45, 2.75) is 32.0 Å². The van der Waals surface area contributed by atoms with Gasteiger partial charge in [-0.3, -0.25) is 4.79 Å². The quantitative estimate of drug-likeness (QED) is 0.776. The number of carbonyl (C=O) groups is 1. The summed E-state index contributed by atoms with van der Waals surface area (Å²) in [5, 5.41) is 7.77. The van der Waals surface area contributed by atoms with Crippen LogP contribution in [-0.4, -0.2) is 18.5 Å². The molecule has 0 aliphatic rings. The van der Waals surface area contributed by atoms with Gasteiger partial charge in [-0.2, -0.15) is 13.2 Å². The summed E-state index contributed by atoms with van der Waals surface area (Å²) >= 11 is 1.68. The van der Waals surface area contributed by atoms with E-state index in [-0.39, 0.29) is 24.1 Å². The van der Waals surface area contributed by atoms with Crippen LogP contribution in [0.15, 0.2) is 41.8 Å². The molecule has 0 aliphatic heterocycles. The molecule has 130 valence electrons. The topological polar surface area (TPSA) is 41.1 Å². The Morgan fingerprint density at radius 2 is 2.04 bits per heavy atom. The number of nitrogens with one attached hydrogen (secondary N) is 2. The number of rotatable bonds is 7. The van der Waals surface area contributed by atoms with Gasteiger partial charge in [-0.05, 0) is 43.0 Å². The van der Waals surface area contributed by atoms with Crippen molar-refractivity contribution in [2.24, 2.45) is 0 Å². The third-order valence-corrected chi connectivity index (χ3v) is 4.35. The van der Waals surface area contributed by atoms with Crippen LogP contribution in [0.25, 0.3) is 0 Å². The Labute approximate surface area is 142 Å². The molecule has 1 heterocycles. The molecule has 0 saturated carbocycles. The summed E-state index contributed by atoms with van der Waals surface area (Å²) in [7, 11) is 0. The highest BCUT2D eigenvalue weighted by Crippen LogP contribution is 2.30. The standard InChI is InChI=1S/C17H19F3N2OS/c1-12(21-8-7-15-6-3-9-24-15)10-16(23)22-14-5-2-4-13(11-14)17(18,19)20/h2-6,9,11-12,21H,7-8,10H2,1H3,(H,22,23)/t12-/m0/s1. The fourth-order valence-corrected chi connectivity index (χ4v) is 2.94. The lowest BCUT2D eigenvalue weighted by Crippen LogP contribution is -2.32. The van der Waals surface area contributed by atoms with Crippen LogP contribution in [0.4, 0.5) is 18.9 Å². The fraction of sp³-hybridized carbons (Fsp3) is 0.353. The molecule has 0 bridgehead atoms. The first-order chi connectivity index (χ1) is 11.3. The Kier molecular flexibility index (Phi) is 6.39. The molecule has 0 spiro atoms. The normalized spacial score (nSPS) is 12.8. The van der Waals surface area contributed by atoms with Crippen molar-refractivity contribution in [3.8, 4) is 0 Å².